The maximum Gasteiger partial charge on any atom is 0.123 e. The zero-order valence-corrected chi connectivity index (χ0v) is 16.3. The Morgan fingerprint density at radius 2 is 1.89 bits per heavy atom. The van der Waals surface area contributed by atoms with Gasteiger partial charge >= 0.3 is 0 Å². The average Bonchev–Trinajstić information content (AvgIpc) is 3.23. The van der Waals surface area contributed by atoms with Crippen molar-refractivity contribution in [3.8, 4) is 0 Å². The third kappa shape index (κ3) is 3.42. The highest BCUT2D eigenvalue weighted by atomic mass is 16.3. The van der Waals surface area contributed by atoms with Crippen LogP contribution in [0.5, 0.6) is 0 Å². The van der Waals surface area contributed by atoms with Gasteiger partial charge in [-0.1, -0.05) is 30.3 Å². The third-order valence-corrected chi connectivity index (χ3v) is 5.50. The molecular weight excluding hydrogens is 338 g/mol. The van der Waals surface area contributed by atoms with Crippen molar-refractivity contribution in [3.63, 3.8) is 0 Å². The van der Waals surface area contributed by atoms with E-state index in [1.165, 1.54) is 11.3 Å². The molecule has 2 aromatic heterocycles. The summed E-state index contributed by atoms with van der Waals surface area (Å²) in [5, 5.41) is 19.9. The lowest BCUT2D eigenvalue weighted by Crippen LogP contribution is -2.33. The van der Waals surface area contributed by atoms with Crippen molar-refractivity contribution in [3.05, 3.63) is 70.3 Å². The molecule has 0 saturated carbocycles. The van der Waals surface area contributed by atoms with E-state index in [2.05, 4.69) is 40.6 Å². The van der Waals surface area contributed by atoms with Crippen LogP contribution in [0.25, 0.3) is 0 Å². The van der Waals surface area contributed by atoms with Gasteiger partial charge in [0.15, 0.2) is 0 Å². The van der Waals surface area contributed by atoms with Crippen LogP contribution >= 0.6 is 0 Å². The molecule has 27 heavy (non-hydrogen) atoms. The van der Waals surface area contributed by atoms with Crippen LogP contribution in [0.3, 0.4) is 0 Å². The Morgan fingerprint density at radius 3 is 2.59 bits per heavy atom. The molecule has 1 aromatic carbocycles. The summed E-state index contributed by atoms with van der Waals surface area (Å²) in [5.41, 5.74) is 6.47. The monoisotopic (exact) mass is 365 g/mol. The lowest BCUT2D eigenvalue weighted by Gasteiger charge is -2.27. The number of aromatic nitrogens is 4. The van der Waals surface area contributed by atoms with Gasteiger partial charge in [-0.2, -0.15) is 10.2 Å². The summed E-state index contributed by atoms with van der Waals surface area (Å²) in [6.45, 7) is 10.8. The largest absolute Gasteiger partial charge is 0.382 e. The number of aryl methyl sites for hydroxylation is 2. The molecule has 1 N–H and O–H groups in total. The molecule has 3 aromatic rings. The van der Waals surface area contributed by atoms with Crippen LogP contribution in [0, 0.1) is 13.8 Å². The van der Waals surface area contributed by atoms with Gasteiger partial charge < -0.3 is 5.11 Å². The summed E-state index contributed by atoms with van der Waals surface area (Å²) in [5.74, 6) is 0. The van der Waals surface area contributed by atoms with Gasteiger partial charge in [0.2, 0.25) is 0 Å². The maximum absolute atomic E-state index is 10.6. The van der Waals surface area contributed by atoms with E-state index in [-0.39, 0.29) is 0 Å². The topological polar surface area (TPSA) is 59.1 Å². The summed E-state index contributed by atoms with van der Waals surface area (Å²) in [6, 6.07) is 11.8. The molecule has 6 nitrogen and oxygen atoms in total. The van der Waals surface area contributed by atoms with Crippen LogP contribution in [-0.2, 0) is 26.2 Å². The van der Waals surface area contributed by atoms with Gasteiger partial charge in [-0.3, -0.25) is 14.3 Å². The molecule has 0 spiro atoms. The van der Waals surface area contributed by atoms with Crippen LogP contribution < -0.4 is 0 Å². The molecule has 0 aliphatic carbocycles. The molecule has 0 amide bonds. The van der Waals surface area contributed by atoms with Gasteiger partial charge in [0.1, 0.15) is 6.10 Å². The second-order valence-electron chi connectivity index (χ2n) is 7.27. The van der Waals surface area contributed by atoms with E-state index in [1.54, 1.807) is 0 Å². The molecule has 4 rings (SSSR count). The molecule has 0 bridgehead atoms. The highest BCUT2D eigenvalue weighted by Crippen LogP contribution is 2.25. The van der Waals surface area contributed by atoms with E-state index < -0.39 is 6.10 Å². The third-order valence-electron chi connectivity index (χ3n) is 5.50. The lowest BCUT2D eigenvalue weighted by atomic mass is 10.1. The van der Waals surface area contributed by atoms with Gasteiger partial charge in [-0.25, -0.2) is 0 Å². The quantitative estimate of drug-likeness (QED) is 0.755. The zero-order chi connectivity index (χ0) is 19.0. The second kappa shape index (κ2) is 7.29. The smallest absolute Gasteiger partial charge is 0.123 e. The van der Waals surface area contributed by atoms with Crippen LogP contribution in [0.4, 0.5) is 0 Å². The first-order valence-electron chi connectivity index (χ1n) is 9.61. The molecule has 0 unspecified atom stereocenters. The normalized spacial score (nSPS) is 15.7. The minimum Gasteiger partial charge on any atom is -0.382 e. The Balaban J connectivity index is 1.51. The molecule has 1 aliphatic rings. The Kier molecular flexibility index (Phi) is 4.85. The summed E-state index contributed by atoms with van der Waals surface area (Å²) in [7, 11) is 0. The van der Waals surface area contributed by atoms with E-state index in [0.29, 0.717) is 0 Å². The van der Waals surface area contributed by atoms with E-state index in [1.807, 2.05) is 41.1 Å². The molecule has 1 atom stereocenters. The number of nitrogens with zero attached hydrogens (tertiary/aromatic N) is 5. The minimum atomic E-state index is -0.676. The molecular formula is C21H27N5O. The SMILES string of the molecule is CCn1nc(C)c(CN2CCn3nc([C@H](O)c4ccccc4)cc3C2)c1C. The van der Waals surface area contributed by atoms with Gasteiger partial charge in [0.05, 0.1) is 23.6 Å². The van der Waals surface area contributed by atoms with E-state index in [0.717, 1.165) is 55.4 Å². The van der Waals surface area contributed by atoms with Gasteiger partial charge in [-0.15, -0.1) is 0 Å². The highest BCUT2D eigenvalue weighted by molar-refractivity contribution is 5.28. The molecule has 3 heterocycles. The number of benzene rings is 1. The Morgan fingerprint density at radius 1 is 1.11 bits per heavy atom. The summed E-state index contributed by atoms with van der Waals surface area (Å²) in [6.07, 6.45) is -0.676. The summed E-state index contributed by atoms with van der Waals surface area (Å²) >= 11 is 0. The Labute approximate surface area is 160 Å². The molecule has 6 heteroatoms. The van der Waals surface area contributed by atoms with Crippen molar-refractivity contribution in [2.75, 3.05) is 6.54 Å². The number of fused-ring (bicyclic) bond motifs is 1. The molecule has 142 valence electrons. The van der Waals surface area contributed by atoms with Crippen molar-refractivity contribution >= 4 is 0 Å². The maximum atomic E-state index is 10.6. The summed E-state index contributed by atoms with van der Waals surface area (Å²) < 4.78 is 4.11. The number of aliphatic hydroxyl groups is 1. The number of aliphatic hydroxyl groups excluding tert-OH is 1. The van der Waals surface area contributed by atoms with Crippen LogP contribution in [0.2, 0.25) is 0 Å². The lowest BCUT2D eigenvalue weighted by molar-refractivity contribution is 0.200. The van der Waals surface area contributed by atoms with Crippen molar-refractivity contribution in [1.29, 1.82) is 0 Å². The first-order valence-corrected chi connectivity index (χ1v) is 9.61. The van der Waals surface area contributed by atoms with E-state index >= 15 is 0 Å². The van der Waals surface area contributed by atoms with Crippen LogP contribution in [0.1, 0.15) is 46.9 Å². The van der Waals surface area contributed by atoms with Crippen molar-refractivity contribution in [2.45, 2.75) is 53.1 Å². The molecule has 0 saturated heterocycles. The van der Waals surface area contributed by atoms with Gasteiger partial charge in [-0.05, 0) is 32.4 Å². The fraction of sp³-hybridized carbons (Fsp3) is 0.429. The summed E-state index contributed by atoms with van der Waals surface area (Å²) in [4.78, 5) is 2.44. The standard InChI is InChI=1S/C21H27N5O/c1-4-25-16(3)19(15(2)22-25)14-24-10-11-26-18(13-24)12-20(23-26)21(27)17-8-6-5-7-9-17/h5-9,12,21,27H,4,10-11,13-14H2,1-3H3/t21-/m1/s1. The van der Waals surface area contributed by atoms with Crippen molar-refractivity contribution in [2.24, 2.45) is 0 Å². The van der Waals surface area contributed by atoms with Crippen molar-refractivity contribution < 1.29 is 5.11 Å². The molecule has 0 radical (unpaired) electrons. The Bertz CT molecular complexity index is 928. The fourth-order valence-corrected chi connectivity index (χ4v) is 3.91. The Hall–Kier alpha value is -2.44. The van der Waals surface area contributed by atoms with Crippen LogP contribution in [-0.4, -0.2) is 36.1 Å². The van der Waals surface area contributed by atoms with Crippen molar-refractivity contribution in [1.82, 2.24) is 24.5 Å². The number of hydrogen-bond acceptors (Lipinski definition) is 4. The predicted octanol–water partition coefficient (Wildman–Crippen LogP) is 2.81. The van der Waals surface area contributed by atoms with Gasteiger partial charge in [0, 0.05) is 37.4 Å². The second-order valence-corrected chi connectivity index (χ2v) is 7.27. The number of hydrogen-bond donors (Lipinski definition) is 1. The van der Waals surface area contributed by atoms with E-state index in [4.69, 9.17) is 0 Å². The molecule has 1 aliphatic heterocycles. The molecule has 0 fully saturated rings. The van der Waals surface area contributed by atoms with E-state index in [9.17, 15) is 5.11 Å². The first-order chi connectivity index (χ1) is 13.1. The number of rotatable bonds is 5. The van der Waals surface area contributed by atoms with Gasteiger partial charge in [0.25, 0.3) is 0 Å². The average molecular weight is 365 g/mol. The minimum absolute atomic E-state index is 0.676. The predicted molar refractivity (Wildman–Crippen MR) is 104 cm³/mol. The zero-order valence-electron chi connectivity index (χ0n) is 16.3. The first kappa shape index (κ1) is 17.9. The highest BCUT2D eigenvalue weighted by Gasteiger charge is 2.23. The fourth-order valence-electron chi connectivity index (χ4n) is 3.91. The van der Waals surface area contributed by atoms with Crippen LogP contribution in [0.15, 0.2) is 36.4 Å².